The third-order valence-corrected chi connectivity index (χ3v) is 6.59. The van der Waals surface area contributed by atoms with Gasteiger partial charge in [-0.2, -0.15) is 0 Å². The molecule has 3 atom stereocenters. The van der Waals surface area contributed by atoms with Gasteiger partial charge in [0.05, 0.1) is 18.7 Å². The lowest BCUT2D eigenvalue weighted by molar-refractivity contribution is -0.159. The Morgan fingerprint density at radius 2 is 1.65 bits per heavy atom. The number of carbonyl (C=O) groups is 2. The summed E-state index contributed by atoms with van der Waals surface area (Å²) in [5.41, 5.74) is 3.08. The van der Waals surface area contributed by atoms with Gasteiger partial charge in [-0.3, -0.25) is 4.79 Å². The average Bonchev–Trinajstić information content (AvgIpc) is 2.81. The molecule has 2 fully saturated rings. The van der Waals surface area contributed by atoms with Gasteiger partial charge in [0.2, 0.25) is 5.91 Å². The number of urea groups is 1. The fraction of sp³-hybridized carbons (Fsp3) is 0.231. The van der Waals surface area contributed by atoms with Crippen LogP contribution in [0.2, 0.25) is 0 Å². The molecule has 34 heavy (non-hydrogen) atoms. The van der Waals surface area contributed by atoms with Gasteiger partial charge in [-0.1, -0.05) is 42.5 Å². The third kappa shape index (κ3) is 4.01. The summed E-state index contributed by atoms with van der Waals surface area (Å²) in [5.74, 6) is -1.13. The number of nitrogens with zero attached hydrogens (tertiary/aromatic N) is 2. The zero-order chi connectivity index (χ0) is 23.8. The van der Waals surface area contributed by atoms with Crippen LogP contribution in [0, 0.1) is 11.6 Å². The first kappa shape index (κ1) is 22.0. The number of rotatable bonds is 4. The van der Waals surface area contributed by atoms with Crippen LogP contribution >= 0.6 is 0 Å². The first-order valence-electron chi connectivity index (χ1n) is 11.0. The van der Waals surface area contributed by atoms with Crippen LogP contribution in [0.1, 0.15) is 11.5 Å². The van der Waals surface area contributed by atoms with E-state index in [2.05, 4.69) is 5.32 Å². The molecule has 2 heterocycles. The van der Waals surface area contributed by atoms with Crippen molar-refractivity contribution in [1.82, 2.24) is 9.80 Å². The summed E-state index contributed by atoms with van der Waals surface area (Å²) in [6.07, 6.45) is 0. The molecule has 0 bridgehead atoms. The van der Waals surface area contributed by atoms with Crippen molar-refractivity contribution in [3.05, 3.63) is 90.0 Å². The predicted molar refractivity (Wildman–Crippen MR) is 123 cm³/mol. The topological polar surface area (TPSA) is 72.9 Å². The number of fused-ring (bicyclic) bond motifs is 1. The Balaban J connectivity index is 1.34. The minimum atomic E-state index is -0.476. The molecule has 3 amide bonds. The number of anilines is 1. The van der Waals surface area contributed by atoms with Crippen LogP contribution in [-0.4, -0.2) is 58.6 Å². The number of carbonyl (C=O) groups excluding carboxylic acids is 2. The molecule has 0 radical (unpaired) electrons. The van der Waals surface area contributed by atoms with Crippen LogP contribution in [-0.2, 0) is 4.79 Å². The molecule has 6 nitrogen and oxygen atoms in total. The number of hydrogen-bond acceptors (Lipinski definition) is 3. The van der Waals surface area contributed by atoms with Gasteiger partial charge in [-0.05, 0) is 47.0 Å². The van der Waals surface area contributed by atoms with E-state index in [4.69, 9.17) is 0 Å². The van der Waals surface area contributed by atoms with Gasteiger partial charge in [0.1, 0.15) is 18.2 Å². The maximum absolute atomic E-state index is 13.5. The van der Waals surface area contributed by atoms with Crippen LogP contribution < -0.4 is 5.32 Å². The van der Waals surface area contributed by atoms with Crippen LogP contribution in [0.5, 0.6) is 0 Å². The minimum Gasteiger partial charge on any atom is -0.394 e. The number of aliphatic hydroxyl groups excluding tert-OH is 1. The summed E-state index contributed by atoms with van der Waals surface area (Å²) in [4.78, 5) is 28.6. The van der Waals surface area contributed by atoms with E-state index in [0.717, 1.165) is 16.7 Å². The molecule has 3 aromatic rings. The van der Waals surface area contributed by atoms with E-state index in [1.807, 2.05) is 24.3 Å². The molecule has 174 valence electrons. The maximum atomic E-state index is 13.5. The highest BCUT2D eigenvalue weighted by Crippen LogP contribution is 2.43. The smallest absolute Gasteiger partial charge is 0.322 e. The number of nitrogens with one attached hydrogen (secondary N) is 1. The van der Waals surface area contributed by atoms with E-state index in [-0.39, 0.29) is 42.9 Å². The minimum absolute atomic E-state index is 0.107. The molecule has 0 aliphatic carbocycles. The maximum Gasteiger partial charge on any atom is 0.322 e. The summed E-state index contributed by atoms with van der Waals surface area (Å²) < 4.78 is 26.7. The highest BCUT2D eigenvalue weighted by atomic mass is 19.1. The number of aliphatic hydroxyl groups is 1. The number of halogens is 2. The molecule has 5 rings (SSSR count). The molecule has 0 unspecified atom stereocenters. The molecule has 3 aromatic carbocycles. The van der Waals surface area contributed by atoms with Crippen LogP contribution in [0.4, 0.5) is 19.3 Å². The summed E-state index contributed by atoms with van der Waals surface area (Å²) >= 11 is 0. The van der Waals surface area contributed by atoms with E-state index in [0.29, 0.717) is 12.2 Å². The lowest BCUT2D eigenvalue weighted by Crippen LogP contribution is -2.73. The Morgan fingerprint density at radius 1 is 0.971 bits per heavy atom. The second-order valence-electron chi connectivity index (χ2n) is 8.59. The van der Waals surface area contributed by atoms with E-state index < -0.39 is 11.8 Å². The fourth-order valence-electron chi connectivity index (χ4n) is 4.96. The summed E-state index contributed by atoms with van der Waals surface area (Å²) in [7, 11) is 0. The standard InChI is InChI=1S/C26H23F2N3O3/c27-19-10-8-17(9-11-19)16-4-6-18(7-5-16)25-22-13-30(14-24(33)31(22)23(25)15-32)26(34)29-21-3-1-2-20(28)12-21/h1-12,22-23,25,32H,13-15H2,(H,29,34)/t22-,23+,25+/m0/s1. The quantitative estimate of drug-likeness (QED) is 0.618. The van der Waals surface area contributed by atoms with Gasteiger partial charge in [0.15, 0.2) is 0 Å². The summed E-state index contributed by atoms with van der Waals surface area (Å²) in [6, 6.07) is 18.5. The van der Waals surface area contributed by atoms with Crippen molar-refractivity contribution in [2.45, 2.75) is 18.0 Å². The Morgan fingerprint density at radius 3 is 2.29 bits per heavy atom. The SMILES string of the molecule is O=C(Nc1cccc(F)c1)N1CC(=O)N2[C@H](CO)[C@H](c3ccc(-c4ccc(F)cc4)cc3)[C@@H]2C1. The lowest BCUT2D eigenvalue weighted by atomic mass is 9.73. The number of benzene rings is 3. The molecule has 2 aliphatic rings. The van der Waals surface area contributed by atoms with E-state index >= 15 is 0 Å². The van der Waals surface area contributed by atoms with E-state index in [9.17, 15) is 23.5 Å². The van der Waals surface area contributed by atoms with Crippen molar-refractivity contribution in [3.8, 4) is 11.1 Å². The van der Waals surface area contributed by atoms with E-state index in [1.54, 1.807) is 23.1 Å². The van der Waals surface area contributed by atoms with Gasteiger partial charge in [0.25, 0.3) is 0 Å². The number of piperazine rings is 1. The van der Waals surface area contributed by atoms with Crippen molar-refractivity contribution in [3.63, 3.8) is 0 Å². The van der Waals surface area contributed by atoms with E-state index in [1.165, 1.54) is 35.2 Å². The molecule has 8 heteroatoms. The van der Waals surface area contributed by atoms with Crippen LogP contribution in [0.3, 0.4) is 0 Å². The number of hydrogen-bond donors (Lipinski definition) is 2. The second kappa shape index (κ2) is 8.87. The third-order valence-electron chi connectivity index (χ3n) is 6.59. The zero-order valence-corrected chi connectivity index (χ0v) is 18.2. The van der Waals surface area contributed by atoms with Crippen molar-refractivity contribution in [1.29, 1.82) is 0 Å². The molecule has 0 saturated carbocycles. The Hall–Kier alpha value is -3.78. The van der Waals surface area contributed by atoms with Crippen LogP contribution in [0.25, 0.3) is 11.1 Å². The zero-order valence-electron chi connectivity index (χ0n) is 18.2. The number of amides is 3. The van der Waals surface area contributed by atoms with Crippen molar-refractivity contribution in [2.75, 3.05) is 25.0 Å². The molecule has 2 N–H and O–H groups in total. The summed E-state index contributed by atoms with van der Waals surface area (Å²) in [6.45, 7) is 0.0141. The van der Waals surface area contributed by atoms with Crippen LogP contribution in [0.15, 0.2) is 72.8 Å². The van der Waals surface area contributed by atoms with Crippen molar-refractivity contribution >= 4 is 17.6 Å². The normalized spacial score (nSPS) is 21.6. The monoisotopic (exact) mass is 463 g/mol. The van der Waals surface area contributed by atoms with Gasteiger partial charge in [0, 0.05) is 18.2 Å². The van der Waals surface area contributed by atoms with Crippen molar-refractivity contribution in [2.24, 2.45) is 0 Å². The molecule has 0 spiro atoms. The first-order valence-corrected chi connectivity index (χ1v) is 11.0. The van der Waals surface area contributed by atoms with Gasteiger partial charge >= 0.3 is 6.03 Å². The Bertz CT molecular complexity index is 1220. The lowest BCUT2D eigenvalue weighted by Gasteiger charge is -2.58. The Labute approximate surface area is 195 Å². The summed E-state index contributed by atoms with van der Waals surface area (Å²) in [5, 5.41) is 12.6. The first-order chi connectivity index (χ1) is 16.4. The predicted octanol–water partition coefficient (Wildman–Crippen LogP) is 3.83. The molecule has 2 aliphatic heterocycles. The van der Waals surface area contributed by atoms with Gasteiger partial charge < -0.3 is 20.2 Å². The van der Waals surface area contributed by atoms with Gasteiger partial charge in [-0.25, -0.2) is 13.6 Å². The molecular formula is C26H23F2N3O3. The largest absolute Gasteiger partial charge is 0.394 e. The second-order valence-corrected chi connectivity index (χ2v) is 8.59. The molecule has 2 saturated heterocycles. The highest BCUT2D eigenvalue weighted by molar-refractivity contribution is 5.93. The van der Waals surface area contributed by atoms with Gasteiger partial charge in [-0.15, -0.1) is 0 Å². The average molecular weight is 463 g/mol. The molecular weight excluding hydrogens is 440 g/mol. The fourth-order valence-corrected chi connectivity index (χ4v) is 4.96. The highest BCUT2D eigenvalue weighted by Gasteiger charge is 2.54. The van der Waals surface area contributed by atoms with Crippen molar-refractivity contribution < 1.29 is 23.5 Å². The molecule has 0 aromatic heterocycles. The Kier molecular flexibility index (Phi) is 5.75.